The van der Waals surface area contributed by atoms with Crippen LogP contribution in [-0.2, 0) is 0 Å². The van der Waals surface area contributed by atoms with Crippen molar-refractivity contribution >= 4 is 24.0 Å². The molecule has 0 aliphatic rings. The fourth-order valence-corrected chi connectivity index (χ4v) is 4.32. The Kier molecular flexibility index (Phi) is 5.24. The van der Waals surface area contributed by atoms with Crippen molar-refractivity contribution in [3.63, 3.8) is 0 Å². The number of halogens is 1. The largest absolute Gasteiger partial charge is 0.247 e. The molecule has 0 amide bonds. The number of pyridine rings is 1. The quantitative estimate of drug-likeness (QED) is 0.600. The fraction of sp³-hybridized carbons (Fsp3) is 0.462. The topological polar surface area (TPSA) is 12.9 Å². The van der Waals surface area contributed by atoms with Crippen LogP contribution < -0.4 is 0 Å². The highest BCUT2D eigenvalue weighted by Gasteiger charge is 2.24. The SMILES string of the molecule is CC[Si](C#Cc1ccc(Br)cn1)(CC)CC. The molecule has 3 heteroatoms. The van der Waals surface area contributed by atoms with Crippen LogP contribution in [0.4, 0.5) is 0 Å². The first-order valence-electron chi connectivity index (χ1n) is 5.80. The molecule has 0 atom stereocenters. The van der Waals surface area contributed by atoms with Gasteiger partial charge in [-0.05, 0) is 46.2 Å². The summed E-state index contributed by atoms with van der Waals surface area (Å²) in [5.74, 6) is 3.25. The molecule has 0 bridgehead atoms. The standard InChI is InChI=1S/C13H18BrNSi/c1-4-16(5-2,6-3)10-9-13-8-7-12(14)11-15-13/h7-8,11H,4-6H2,1-3H3. The van der Waals surface area contributed by atoms with E-state index in [4.69, 9.17) is 0 Å². The number of nitrogens with zero attached hydrogens (tertiary/aromatic N) is 1. The van der Waals surface area contributed by atoms with Crippen molar-refractivity contribution in [2.75, 3.05) is 0 Å². The van der Waals surface area contributed by atoms with Gasteiger partial charge in [0, 0.05) is 10.7 Å². The average Bonchev–Trinajstić information content (AvgIpc) is 2.34. The van der Waals surface area contributed by atoms with Crippen LogP contribution in [0.5, 0.6) is 0 Å². The highest BCUT2D eigenvalue weighted by molar-refractivity contribution is 9.10. The van der Waals surface area contributed by atoms with Gasteiger partial charge in [-0.2, -0.15) is 0 Å². The van der Waals surface area contributed by atoms with Crippen molar-refractivity contribution in [3.05, 3.63) is 28.5 Å². The molecule has 0 unspecified atom stereocenters. The summed E-state index contributed by atoms with van der Waals surface area (Å²) in [7, 11) is -1.33. The van der Waals surface area contributed by atoms with E-state index < -0.39 is 8.07 Å². The molecule has 0 radical (unpaired) electrons. The lowest BCUT2D eigenvalue weighted by molar-refractivity contribution is 1.20. The molecule has 1 aromatic rings. The molecule has 0 aromatic carbocycles. The molecule has 1 nitrogen and oxygen atoms in total. The zero-order chi connectivity index (χ0) is 12.0. The summed E-state index contributed by atoms with van der Waals surface area (Å²) < 4.78 is 1.00. The second-order valence-corrected chi connectivity index (χ2v) is 9.80. The molecule has 1 aromatic heterocycles. The van der Waals surface area contributed by atoms with E-state index in [1.54, 1.807) is 6.20 Å². The zero-order valence-corrected chi connectivity index (χ0v) is 12.8. The van der Waals surface area contributed by atoms with Crippen molar-refractivity contribution in [1.29, 1.82) is 0 Å². The lowest BCUT2D eigenvalue weighted by atomic mass is 10.4. The van der Waals surface area contributed by atoms with E-state index in [1.807, 2.05) is 12.1 Å². The summed E-state index contributed by atoms with van der Waals surface area (Å²) in [5, 5.41) is 0. The summed E-state index contributed by atoms with van der Waals surface area (Å²) in [5.41, 5.74) is 4.41. The molecule has 0 fully saturated rings. The van der Waals surface area contributed by atoms with E-state index in [0.717, 1.165) is 10.2 Å². The summed E-state index contributed by atoms with van der Waals surface area (Å²) in [6.07, 6.45) is 1.80. The monoisotopic (exact) mass is 295 g/mol. The second-order valence-electron chi connectivity index (χ2n) is 3.95. The molecular weight excluding hydrogens is 278 g/mol. The van der Waals surface area contributed by atoms with Gasteiger partial charge in [0.1, 0.15) is 13.8 Å². The van der Waals surface area contributed by atoms with Crippen molar-refractivity contribution < 1.29 is 0 Å². The first kappa shape index (κ1) is 13.5. The molecule has 16 heavy (non-hydrogen) atoms. The van der Waals surface area contributed by atoms with Crippen LogP contribution in [0.25, 0.3) is 0 Å². The van der Waals surface area contributed by atoms with Crippen molar-refractivity contribution in [2.45, 2.75) is 38.9 Å². The zero-order valence-electron chi connectivity index (χ0n) is 10.2. The molecule has 0 N–H and O–H groups in total. The third kappa shape index (κ3) is 3.46. The summed E-state index contributed by atoms with van der Waals surface area (Å²) in [6.45, 7) is 6.80. The van der Waals surface area contributed by atoms with Gasteiger partial charge < -0.3 is 0 Å². The van der Waals surface area contributed by atoms with Gasteiger partial charge in [0.25, 0.3) is 0 Å². The number of hydrogen-bond acceptors (Lipinski definition) is 1. The summed E-state index contributed by atoms with van der Waals surface area (Å²) in [6, 6.07) is 7.68. The molecule has 1 heterocycles. The van der Waals surface area contributed by atoms with Gasteiger partial charge >= 0.3 is 0 Å². The highest BCUT2D eigenvalue weighted by Crippen LogP contribution is 2.19. The normalized spacial score (nSPS) is 10.8. The van der Waals surface area contributed by atoms with Crippen LogP contribution in [0.15, 0.2) is 22.8 Å². The van der Waals surface area contributed by atoms with Gasteiger partial charge in [0.2, 0.25) is 0 Å². The third-order valence-electron chi connectivity index (χ3n) is 3.21. The Hall–Kier alpha value is -0.593. The molecule has 0 saturated heterocycles. The second kappa shape index (κ2) is 6.22. The van der Waals surface area contributed by atoms with E-state index in [0.29, 0.717) is 0 Å². The lowest BCUT2D eigenvalue weighted by Gasteiger charge is -2.19. The molecule has 0 saturated carbocycles. The fourth-order valence-electron chi connectivity index (χ4n) is 1.66. The van der Waals surface area contributed by atoms with Gasteiger partial charge in [0.15, 0.2) is 0 Å². The predicted molar refractivity (Wildman–Crippen MR) is 76.0 cm³/mol. The van der Waals surface area contributed by atoms with Gasteiger partial charge in [-0.3, -0.25) is 0 Å². The summed E-state index contributed by atoms with van der Waals surface area (Å²) in [4.78, 5) is 4.29. The maximum Gasteiger partial charge on any atom is 0.138 e. The molecular formula is C13H18BrNSi. The van der Waals surface area contributed by atoms with Crippen LogP contribution in [0.3, 0.4) is 0 Å². The number of rotatable bonds is 3. The van der Waals surface area contributed by atoms with Crippen LogP contribution in [0, 0.1) is 11.5 Å². The average molecular weight is 296 g/mol. The number of hydrogen-bond donors (Lipinski definition) is 0. The molecule has 86 valence electrons. The maximum atomic E-state index is 4.29. The Morgan fingerprint density at radius 2 is 1.81 bits per heavy atom. The van der Waals surface area contributed by atoms with Crippen LogP contribution in [-0.4, -0.2) is 13.1 Å². The van der Waals surface area contributed by atoms with Crippen LogP contribution >= 0.6 is 15.9 Å². The minimum absolute atomic E-state index is 0.885. The molecule has 1 rings (SSSR count). The Morgan fingerprint density at radius 1 is 1.19 bits per heavy atom. The summed E-state index contributed by atoms with van der Waals surface area (Å²) >= 11 is 3.38. The van der Waals surface area contributed by atoms with Gasteiger partial charge in [-0.25, -0.2) is 4.98 Å². The Balaban J connectivity index is 2.90. The Morgan fingerprint density at radius 3 is 2.25 bits per heavy atom. The Labute approximate surface area is 108 Å². The lowest BCUT2D eigenvalue weighted by Crippen LogP contribution is -2.29. The molecule has 0 aliphatic carbocycles. The predicted octanol–water partition coefficient (Wildman–Crippen LogP) is 4.24. The highest BCUT2D eigenvalue weighted by atomic mass is 79.9. The first-order valence-corrected chi connectivity index (χ1v) is 9.22. The Bertz CT molecular complexity index is 376. The van der Waals surface area contributed by atoms with Crippen molar-refractivity contribution in [2.24, 2.45) is 0 Å². The van der Waals surface area contributed by atoms with E-state index in [9.17, 15) is 0 Å². The minimum Gasteiger partial charge on any atom is -0.247 e. The van der Waals surface area contributed by atoms with E-state index in [-0.39, 0.29) is 0 Å². The smallest absolute Gasteiger partial charge is 0.138 e. The first-order chi connectivity index (χ1) is 7.65. The van der Waals surface area contributed by atoms with E-state index in [1.165, 1.54) is 18.1 Å². The molecule has 0 aliphatic heterocycles. The van der Waals surface area contributed by atoms with Crippen LogP contribution in [0.1, 0.15) is 26.5 Å². The van der Waals surface area contributed by atoms with E-state index >= 15 is 0 Å². The van der Waals surface area contributed by atoms with Gasteiger partial charge in [-0.15, -0.1) is 5.54 Å². The van der Waals surface area contributed by atoms with Crippen LogP contribution in [0.2, 0.25) is 18.1 Å². The minimum atomic E-state index is -1.33. The molecule has 0 spiro atoms. The maximum absolute atomic E-state index is 4.29. The van der Waals surface area contributed by atoms with Crippen molar-refractivity contribution in [1.82, 2.24) is 4.98 Å². The number of aromatic nitrogens is 1. The van der Waals surface area contributed by atoms with Crippen molar-refractivity contribution in [3.8, 4) is 11.5 Å². The van der Waals surface area contributed by atoms with Gasteiger partial charge in [0.05, 0.1) is 0 Å². The van der Waals surface area contributed by atoms with Gasteiger partial charge in [-0.1, -0.05) is 26.7 Å². The van der Waals surface area contributed by atoms with E-state index in [2.05, 4.69) is 53.1 Å². The third-order valence-corrected chi connectivity index (χ3v) is 8.40.